The molecule has 1 aliphatic rings. The maximum Gasteiger partial charge on any atom is 0.270 e. The number of nitrogens with one attached hydrogen (secondary N) is 1. The Kier molecular flexibility index (Phi) is 6.23. The number of pyridine rings is 1. The second-order valence-corrected chi connectivity index (χ2v) is 6.88. The molecule has 2 aromatic rings. The number of nitrogens with zero attached hydrogens (tertiary/aromatic N) is 2. The fraction of sp³-hybridized carbons (Fsp3) is 0.350. The maximum absolute atomic E-state index is 12.7. The molecule has 1 aliphatic heterocycles. The van der Waals surface area contributed by atoms with E-state index in [1.807, 2.05) is 17.0 Å². The van der Waals surface area contributed by atoms with Crippen molar-refractivity contribution in [3.05, 3.63) is 64.4 Å². The Bertz CT molecular complexity index is 769. The van der Waals surface area contributed by atoms with Gasteiger partial charge in [0.05, 0.1) is 0 Å². The Labute approximate surface area is 158 Å². The molecule has 0 saturated carbocycles. The summed E-state index contributed by atoms with van der Waals surface area (Å²) >= 11 is 5.86. The Morgan fingerprint density at radius 3 is 2.42 bits per heavy atom. The van der Waals surface area contributed by atoms with E-state index in [9.17, 15) is 9.59 Å². The van der Waals surface area contributed by atoms with Gasteiger partial charge >= 0.3 is 0 Å². The number of hydrogen-bond donors (Lipinski definition) is 1. The molecule has 3 rings (SSSR count). The molecule has 136 valence electrons. The third-order valence-electron chi connectivity index (χ3n) is 4.50. The van der Waals surface area contributed by atoms with E-state index in [2.05, 4.69) is 10.3 Å². The number of amides is 2. The van der Waals surface area contributed by atoms with Crippen LogP contribution in [0.25, 0.3) is 0 Å². The van der Waals surface area contributed by atoms with Gasteiger partial charge in [-0.05, 0) is 42.7 Å². The number of rotatable bonds is 4. The number of carbonyl (C=O) groups excluding carboxylic acids is 2. The summed E-state index contributed by atoms with van der Waals surface area (Å²) in [7, 11) is 0. The van der Waals surface area contributed by atoms with Crippen LogP contribution in [0.5, 0.6) is 0 Å². The number of aromatic nitrogens is 1. The number of hydrogen-bond acceptors (Lipinski definition) is 3. The molecule has 0 unspecified atom stereocenters. The molecule has 2 heterocycles. The molecule has 0 aliphatic carbocycles. The standard InChI is InChI=1S/C20H22ClN3O2/c21-17-7-5-15(6-8-17)14-23-19(25)18-13-16(9-10-22-18)20(26)24-11-3-1-2-4-12-24/h5-10,13H,1-4,11-12,14H2,(H,23,25). The molecule has 1 N–H and O–H groups in total. The van der Waals surface area contributed by atoms with Crippen LogP contribution < -0.4 is 5.32 Å². The molecule has 5 nitrogen and oxygen atoms in total. The second kappa shape index (κ2) is 8.81. The van der Waals surface area contributed by atoms with Gasteiger partial charge in [-0.2, -0.15) is 0 Å². The zero-order valence-electron chi connectivity index (χ0n) is 14.6. The third kappa shape index (κ3) is 4.82. The number of carbonyl (C=O) groups is 2. The largest absolute Gasteiger partial charge is 0.347 e. The van der Waals surface area contributed by atoms with Gasteiger partial charge in [0.15, 0.2) is 0 Å². The first-order valence-electron chi connectivity index (χ1n) is 8.91. The molecule has 1 fully saturated rings. The highest BCUT2D eigenvalue weighted by molar-refractivity contribution is 6.30. The van der Waals surface area contributed by atoms with Gasteiger partial charge < -0.3 is 10.2 Å². The molecule has 1 aromatic carbocycles. The van der Waals surface area contributed by atoms with Crippen LogP contribution in [0.1, 0.15) is 52.1 Å². The third-order valence-corrected chi connectivity index (χ3v) is 4.75. The molecule has 0 spiro atoms. The molecule has 6 heteroatoms. The number of halogens is 1. The second-order valence-electron chi connectivity index (χ2n) is 6.45. The van der Waals surface area contributed by atoms with Crippen LogP contribution in [-0.2, 0) is 6.54 Å². The van der Waals surface area contributed by atoms with Gasteiger partial charge in [0.2, 0.25) is 0 Å². The van der Waals surface area contributed by atoms with E-state index in [1.54, 1.807) is 24.3 Å². The first-order valence-corrected chi connectivity index (χ1v) is 9.29. The van der Waals surface area contributed by atoms with Crippen LogP contribution in [0.15, 0.2) is 42.6 Å². The van der Waals surface area contributed by atoms with E-state index in [1.165, 1.54) is 19.0 Å². The predicted octanol–water partition coefficient (Wildman–Crippen LogP) is 3.68. The minimum absolute atomic E-state index is 0.0268. The summed E-state index contributed by atoms with van der Waals surface area (Å²) in [5.74, 6) is -0.327. The Hall–Kier alpha value is -2.40. The van der Waals surface area contributed by atoms with Gasteiger partial charge in [-0.15, -0.1) is 0 Å². The summed E-state index contributed by atoms with van der Waals surface area (Å²) < 4.78 is 0. The van der Waals surface area contributed by atoms with E-state index >= 15 is 0 Å². The Morgan fingerprint density at radius 2 is 1.73 bits per heavy atom. The van der Waals surface area contributed by atoms with Crippen molar-refractivity contribution in [2.45, 2.75) is 32.2 Å². The minimum Gasteiger partial charge on any atom is -0.347 e. The van der Waals surface area contributed by atoms with E-state index in [4.69, 9.17) is 11.6 Å². The van der Waals surface area contributed by atoms with E-state index in [0.29, 0.717) is 17.1 Å². The van der Waals surface area contributed by atoms with Crippen molar-refractivity contribution in [2.75, 3.05) is 13.1 Å². The van der Waals surface area contributed by atoms with E-state index in [-0.39, 0.29) is 17.5 Å². The zero-order valence-corrected chi connectivity index (χ0v) is 15.3. The first-order chi connectivity index (χ1) is 12.6. The quantitative estimate of drug-likeness (QED) is 0.891. The van der Waals surface area contributed by atoms with E-state index < -0.39 is 0 Å². The molecule has 0 atom stereocenters. The fourth-order valence-corrected chi connectivity index (χ4v) is 3.15. The van der Waals surface area contributed by atoms with E-state index in [0.717, 1.165) is 31.5 Å². The van der Waals surface area contributed by atoms with Crippen LogP contribution >= 0.6 is 11.6 Å². The highest BCUT2D eigenvalue weighted by Crippen LogP contribution is 2.14. The van der Waals surface area contributed by atoms with Crippen molar-refractivity contribution in [1.82, 2.24) is 15.2 Å². The van der Waals surface area contributed by atoms with Crippen molar-refractivity contribution in [2.24, 2.45) is 0 Å². The topological polar surface area (TPSA) is 62.3 Å². The smallest absolute Gasteiger partial charge is 0.270 e. The van der Waals surface area contributed by atoms with Crippen LogP contribution in [0.4, 0.5) is 0 Å². The van der Waals surface area contributed by atoms with Gasteiger partial charge in [0, 0.05) is 36.4 Å². The molecule has 26 heavy (non-hydrogen) atoms. The molecule has 1 aromatic heterocycles. The number of likely N-dealkylation sites (tertiary alicyclic amines) is 1. The summed E-state index contributed by atoms with van der Waals surface area (Å²) in [5.41, 5.74) is 1.71. The molecule has 0 radical (unpaired) electrons. The number of benzene rings is 1. The minimum atomic E-state index is -0.300. The predicted molar refractivity (Wildman–Crippen MR) is 101 cm³/mol. The first kappa shape index (κ1) is 18.4. The molecular weight excluding hydrogens is 350 g/mol. The average Bonchev–Trinajstić information content (AvgIpc) is 2.96. The molecule has 0 bridgehead atoms. The fourth-order valence-electron chi connectivity index (χ4n) is 3.02. The van der Waals surface area contributed by atoms with Crippen LogP contribution in [0, 0.1) is 0 Å². The van der Waals surface area contributed by atoms with Crippen LogP contribution in [0.3, 0.4) is 0 Å². The van der Waals surface area contributed by atoms with Gasteiger partial charge in [0.1, 0.15) is 5.69 Å². The average molecular weight is 372 g/mol. The highest BCUT2D eigenvalue weighted by Gasteiger charge is 2.19. The normalized spacial score (nSPS) is 14.6. The highest BCUT2D eigenvalue weighted by atomic mass is 35.5. The van der Waals surface area contributed by atoms with Crippen molar-refractivity contribution in [1.29, 1.82) is 0 Å². The van der Waals surface area contributed by atoms with Gasteiger partial charge in [-0.1, -0.05) is 36.6 Å². The summed E-state index contributed by atoms with van der Waals surface area (Å²) in [5, 5.41) is 3.48. The maximum atomic E-state index is 12.7. The lowest BCUT2D eigenvalue weighted by molar-refractivity contribution is 0.0761. The van der Waals surface area contributed by atoms with Gasteiger partial charge in [-0.3, -0.25) is 14.6 Å². The summed E-state index contributed by atoms with van der Waals surface area (Å²) in [4.78, 5) is 31.0. The Balaban J connectivity index is 1.64. The monoisotopic (exact) mass is 371 g/mol. The van der Waals surface area contributed by atoms with Crippen LogP contribution in [0.2, 0.25) is 5.02 Å². The lowest BCUT2D eigenvalue weighted by Crippen LogP contribution is -2.32. The van der Waals surface area contributed by atoms with Crippen molar-refractivity contribution < 1.29 is 9.59 Å². The van der Waals surface area contributed by atoms with Gasteiger partial charge in [-0.25, -0.2) is 0 Å². The Morgan fingerprint density at radius 1 is 1.04 bits per heavy atom. The summed E-state index contributed by atoms with van der Waals surface area (Å²) in [6.45, 7) is 1.93. The summed E-state index contributed by atoms with van der Waals surface area (Å²) in [6.07, 6.45) is 5.91. The molecular formula is C20H22ClN3O2. The molecule has 2 amide bonds. The summed E-state index contributed by atoms with van der Waals surface area (Å²) in [6, 6.07) is 10.5. The zero-order chi connectivity index (χ0) is 18.4. The lowest BCUT2D eigenvalue weighted by Gasteiger charge is -2.20. The van der Waals surface area contributed by atoms with Crippen molar-refractivity contribution in [3.63, 3.8) is 0 Å². The van der Waals surface area contributed by atoms with Gasteiger partial charge in [0.25, 0.3) is 11.8 Å². The van der Waals surface area contributed by atoms with Crippen molar-refractivity contribution in [3.8, 4) is 0 Å². The lowest BCUT2D eigenvalue weighted by atomic mass is 10.2. The van der Waals surface area contributed by atoms with Crippen LogP contribution in [-0.4, -0.2) is 34.8 Å². The SMILES string of the molecule is O=C(NCc1ccc(Cl)cc1)c1cc(C(=O)N2CCCCCC2)ccn1. The molecule has 1 saturated heterocycles. The van der Waals surface area contributed by atoms with Crippen molar-refractivity contribution >= 4 is 23.4 Å².